The summed E-state index contributed by atoms with van der Waals surface area (Å²) in [6.45, 7) is 7.95. The maximum Gasteiger partial charge on any atom is 0.118 e. The lowest BCUT2D eigenvalue weighted by molar-refractivity contribution is 0.282. The highest BCUT2D eigenvalue weighted by Gasteiger charge is 2.07. The molecule has 1 aromatic heterocycles. The van der Waals surface area contributed by atoms with Crippen molar-refractivity contribution in [3.63, 3.8) is 0 Å². The Hall–Kier alpha value is -1.58. The van der Waals surface area contributed by atoms with Crippen molar-refractivity contribution in [1.29, 1.82) is 0 Å². The van der Waals surface area contributed by atoms with E-state index in [0.29, 0.717) is 0 Å². The molecule has 0 spiro atoms. The molecule has 0 aliphatic heterocycles. The van der Waals surface area contributed by atoms with Crippen molar-refractivity contribution in [2.24, 2.45) is 0 Å². The second kappa shape index (κ2) is 8.01. The van der Waals surface area contributed by atoms with E-state index in [9.17, 15) is 0 Å². The van der Waals surface area contributed by atoms with Gasteiger partial charge in [0.25, 0.3) is 0 Å². The van der Waals surface area contributed by atoms with Gasteiger partial charge in [-0.2, -0.15) is 0 Å². The zero-order valence-electron chi connectivity index (χ0n) is 13.4. The topological polar surface area (TPSA) is 28.4 Å². The number of nitrogens with one attached hydrogen (secondary N) is 1. The lowest BCUT2D eigenvalue weighted by Crippen LogP contribution is -2.17. The van der Waals surface area contributed by atoms with Crippen molar-refractivity contribution >= 4 is 0 Å². The van der Waals surface area contributed by atoms with Gasteiger partial charge in [-0.25, -0.2) is 0 Å². The SMILES string of the molecule is CCCNCc1ccc(CN(C)Cc2ccccc2C)o1. The van der Waals surface area contributed by atoms with Crippen LogP contribution >= 0.6 is 0 Å². The number of hydrogen-bond acceptors (Lipinski definition) is 3. The Labute approximate surface area is 128 Å². The Balaban J connectivity index is 1.85. The van der Waals surface area contributed by atoms with E-state index in [1.54, 1.807) is 0 Å². The second-order valence-electron chi connectivity index (χ2n) is 5.64. The summed E-state index contributed by atoms with van der Waals surface area (Å²) in [5.41, 5.74) is 2.71. The normalized spacial score (nSPS) is 11.2. The van der Waals surface area contributed by atoms with E-state index in [0.717, 1.165) is 44.1 Å². The van der Waals surface area contributed by atoms with E-state index in [-0.39, 0.29) is 0 Å². The van der Waals surface area contributed by atoms with Crippen LogP contribution < -0.4 is 5.32 Å². The van der Waals surface area contributed by atoms with Gasteiger partial charge in [0.2, 0.25) is 0 Å². The van der Waals surface area contributed by atoms with Gasteiger partial charge in [0, 0.05) is 6.54 Å². The molecule has 3 nitrogen and oxygen atoms in total. The number of nitrogens with zero attached hydrogens (tertiary/aromatic N) is 1. The summed E-state index contributed by atoms with van der Waals surface area (Å²) in [5.74, 6) is 2.04. The first-order valence-corrected chi connectivity index (χ1v) is 7.70. The molecule has 0 saturated heterocycles. The Morgan fingerprint density at radius 3 is 2.57 bits per heavy atom. The summed E-state index contributed by atoms with van der Waals surface area (Å²) in [6, 6.07) is 12.7. The van der Waals surface area contributed by atoms with Crippen molar-refractivity contribution in [3.05, 3.63) is 59.0 Å². The predicted molar refractivity (Wildman–Crippen MR) is 87.1 cm³/mol. The van der Waals surface area contributed by atoms with Crippen molar-refractivity contribution in [2.45, 2.75) is 39.9 Å². The van der Waals surface area contributed by atoms with Crippen molar-refractivity contribution in [3.8, 4) is 0 Å². The van der Waals surface area contributed by atoms with Gasteiger partial charge in [-0.1, -0.05) is 31.2 Å². The van der Waals surface area contributed by atoms with Crippen LogP contribution in [0, 0.1) is 6.92 Å². The molecule has 0 fully saturated rings. The lowest BCUT2D eigenvalue weighted by Gasteiger charge is -2.16. The Bertz CT molecular complexity index is 548. The molecule has 0 bridgehead atoms. The van der Waals surface area contributed by atoms with Crippen LogP contribution in [0.5, 0.6) is 0 Å². The minimum absolute atomic E-state index is 0.815. The van der Waals surface area contributed by atoms with Gasteiger partial charge >= 0.3 is 0 Å². The molecule has 3 heteroatoms. The third-order valence-corrected chi connectivity index (χ3v) is 3.57. The molecule has 0 aliphatic rings. The lowest BCUT2D eigenvalue weighted by atomic mass is 10.1. The standard InChI is InChI=1S/C18H26N2O/c1-4-11-19-12-17-9-10-18(21-17)14-20(3)13-16-8-6-5-7-15(16)2/h5-10,19H,4,11-14H2,1-3H3. The molecule has 2 rings (SSSR count). The number of hydrogen-bond donors (Lipinski definition) is 1. The summed E-state index contributed by atoms with van der Waals surface area (Å²) >= 11 is 0. The molecule has 114 valence electrons. The quantitative estimate of drug-likeness (QED) is 0.750. The first-order chi connectivity index (χ1) is 10.2. The molecule has 1 aromatic carbocycles. The molecule has 0 unspecified atom stereocenters. The third-order valence-electron chi connectivity index (χ3n) is 3.57. The van der Waals surface area contributed by atoms with Crippen molar-refractivity contribution in [2.75, 3.05) is 13.6 Å². The number of benzene rings is 1. The first-order valence-electron chi connectivity index (χ1n) is 7.70. The molecule has 0 radical (unpaired) electrons. The minimum Gasteiger partial charge on any atom is -0.463 e. The van der Waals surface area contributed by atoms with E-state index in [1.807, 2.05) is 0 Å². The number of rotatable bonds is 8. The molecule has 1 heterocycles. The monoisotopic (exact) mass is 286 g/mol. The van der Waals surface area contributed by atoms with Gasteiger partial charge < -0.3 is 9.73 Å². The first kappa shape index (κ1) is 15.8. The van der Waals surface area contributed by atoms with Crippen molar-refractivity contribution in [1.82, 2.24) is 10.2 Å². The molecule has 0 aliphatic carbocycles. The maximum atomic E-state index is 5.86. The van der Waals surface area contributed by atoms with Crippen molar-refractivity contribution < 1.29 is 4.42 Å². The van der Waals surface area contributed by atoms with Crippen LogP contribution in [-0.4, -0.2) is 18.5 Å². The fraction of sp³-hybridized carbons (Fsp3) is 0.444. The molecular weight excluding hydrogens is 260 g/mol. The van der Waals surface area contributed by atoms with E-state index in [2.05, 4.69) is 67.5 Å². The van der Waals surface area contributed by atoms with Crippen LogP contribution in [0.3, 0.4) is 0 Å². The zero-order valence-corrected chi connectivity index (χ0v) is 13.4. The maximum absolute atomic E-state index is 5.86. The van der Waals surface area contributed by atoms with E-state index < -0.39 is 0 Å². The van der Waals surface area contributed by atoms with Gasteiger partial charge in [0.1, 0.15) is 11.5 Å². The number of furan rings is 1. The molecular formula is C18H26N2O. The fourth-order valence-electron chi connectivity index (χ4n) is 2.39. The minimum atomic E-state index is 0.815. The van der Waals surface area contributed by atoms with Gasteiger partial charge in [-0.05, 0) is 50.2 Å². The van der Waals surface area contributed by atoms with Gasteiger partial charge in [0.15, 0.2) is 0 Å². The molecule has 21 heavy (non-hydrogen) atoms. The molecule has 0 atom stereocenters. The Morgan fingerprint density at radius 2 is 1.81 bits per heavy atom. The smallest absolute Gasteiger partial charge is 0.118 e. The van der Waals surface area contributed by atoms with E-state index in [4.69, 9.17) is 4.42 Å². The molecule has 0 saturated carbocycles. The fourth-order valence-corrected chi connectivity index (χ4v) is 2.39. The van der Waals surface area contributed by atoms with Crippen LogP contribution in [0.15, 0.2) is 40.8 Å². The van der Waals surface area contributed by atoms with E-state index >= 15 is 0 Å². The summed E-state index contributed by atoms with van der Waals surface area (Å²) < 4.78 is 5.86. The summed E-state index contributed by atoms with van der Waals surface area (Å²) in [7, 11) is 2.13. The highest BCUT2D eigenvalue weighted by atomic mass is 16.3. The van der Waals surface area contributed by atoms with Crippen LogP contribution in [0.4, 0.5) is 0 Å². The van der Waals surface area contributed by atoms with Crippen LogP contribution in [0.25, 0.3) is 0 Å². The van der Waals surface area contributed by atoms with Gasteiger partial charge in [-0.15, -0.1) is 0 Å². The second-order valence-corrected chi connectivity index (χ2v) is 5.64. The highest BCUT2D eigenvalue weighted by Crippen LogP contribution is 2.14. The average Bonchev–Trinajstić information content (AvgIpc) is 2.89. The Kier molecular flexibility index (Phi) is 6.03. The van der Waals surface area contributed by atoms with Crippen LogP contribution in [0.2, 0.25) is 0 Å². The van der Waals surface area contributed by atoms with E-state index in [1.165, 1.54) is 11.1 Å². The molecule has 1 N–H and O–H groups in total. The summed E-state index contributed by atoms with van der Waals surface area (Å²) in [4.78, 5) is 2.28. The predicted octanol–water partition coefficient (Wildman–Crippen LogP) is 3.72. The third kappa shape index (κ3) is 5.03. The average molecular weight is 286 g/mol. The summed E-state index contributed by atoms with van der Waals surface area (Å²) in [6.07, 6.45) is 1.15. The van der Waals surface area contributed by atoms with Gasteiger partial charge in [0.05, 0.1) is 13.1 Å². The summed E-state index contributed by atoms with van der Waals surface area (Å²) in [5, 5.41) is 3.36. The highest BCUT2D eigenvalue weighted by molar-refractivity contribution is 5.25. The molecule has 0 amide bonds. The largest absolute Gasteiger partial charge is 0.463 e. The van der Waals surface area contributed by atoms with Crippen LogP contribution in [-0.2, 0) is 19.6 Å². The Morgan fingerprint density at radius 1 is 1.05 bits per heavy atom. The number of aryl methyl sites for hydroxylation is 1. The van der Waals surface area contributed by atoms with Gasteiger partial charge in [-0.3, -0.25) is 4.90 Å². The molecule has 2 aromatic rings. The zero-order chi connectivity index (χ0) is 15.1. The van der Waals surface area contributed by atoms with Crippen LogP contribution in [0.1, 0.15) is 36.0 Å².